The topological polar surface area (TPSA) is 26.0 Å². The number of halogens is 3. The van der Waals surface area contributed by atoms with Crippen LogP contribution in [0, 0.1) is 0 Å². The largest absolute Gasteiger partial charge is 0.321 e. The molecule has 2 aromatic rings. The summed E-state index contributed by atoms with van der Waals surface area (Å²) in [4.78, 5) is 0. The van der Waals surface area contributed by atoms with Gasteiger partial charge in [0.1, 0.15) is 0 Å². The third kappa shape index (κ3) is 3.60. The zero-order valence-corrected chi connectivity index (χ0v) is 14.4. The monoisotopic (exact) mass is 401 g/mol. The van der Waals surface area contributed by atoms with Crippen molar-refractivity contribution in [1.29, 1.82) is 0 Å². The molecule has 1 unspecified atom stereocenters. The lowest BCUT2D eigenvalue weighted by Gasteiger charge is -2.27. The quantitative estimate of drug-likeness (QED) is 0.741. The molecule has 0 bridgehead atoms. The van der Waals surface area contributed by atoms with Gasteiger partial charge in [-0.15, -0.1) is 0 Å². The molecule has 1 atom stereocenters. The van der Waals surface area contributed by atoms with Crippen LogP contribution >= 0.6 is 43.5 Å². The van der Waals surface area contributed by atoms with E-state index < -0.39 is 5.54 Å². The fraction of sp³-hybridized carbons (Fsp3) is 0.200. The van der Waals surface area contributed by atoms with E-state index in [9.17, 15) is 0 Å². The summed E-state index contributed by atoms with van der Waals surface area (Å²) in [6.45, 7) is 2.00. The van der Waals surface area contributed by atoms with Gasteiger partial charge >= 0.3 is 0 Å². The highest BCUT2D eigenvalue weighted by molar-refractivity contribution is 9.10. The Morgan fingerprint density at radius 3 is 2.47 bits per heavy atom. The summed E-state index contributed by atoms with van der Waals surface area (Å²) in [5.41, 5.74) is 8.08. The summed E-state index contributed by atoms with van der Waals surface area (Å²) in [6.07, 6.45) is 0.718. The second-order valence-corrected chi connectivity index (χ2v) is 6.99. The van der Waals surface area contributed by atoms with Crippen LogP contribution in [0.4, 0.5) is 0 Å². The SMILES string of the molecule is CC(N)(Cc1ccccc1Br)c1ccc(Br)cc1Cl. The maximum atomic E-state index is 6.47. The molecular formula is C15H14Br2ClN. The van der Waals surface area contributed by atoms with Crippen LogP contribution in [0.1, 0.15) is 18.1 Å². The Balaban J connectivity index is 2.35. The predicted molar refractivity (Wildman–Crippen MR) is 88.5 cm³/mol. The molecule has 2 N–H and O–H groups in total. The van der Waals surface area contributed by atoms with Crippen molar-refractivity contribution in [2.24, 2.45) is 5.73 Å². The molecule has 2 aromatic carbocycles. The van der Waals surface area contributed by atoms with Crippen molar-refractivity contribution in [2.75, 3.05) is 0 Å². The van der Waals surface area contributed by atoms with Crippen LogP contribution in [-0.4, -0.2) is 0 Å². The Morgan fingerprint density at radius 1 is 1.16 bits per heavy atom. The predicted octanol–water partition coefficient (Wildman–Crippen LogP) is 5.28. The van der Waals surface area contributed by atoms with E-state index in [1.807, 2.05) is 43.3 Å². The number of hydrogen-bond donors (Lipinski definition) is 1. The lowest BCUT2D eigenvalue weighted by molar-refractivity contribution is 0.490. The van der Waals surface area contributed by atoms with Crippen LogP contribution in [-0.2, 0) is 12.0 Å². The molecule has 0 aromatic heterocycles. The van der Waals surface area contributed by atoms with E-state index in [1.165, 1.54) is 5.56 Å². The second-order valence-electron chi connectivity index (χ2n) is 4.81. The lowest BCUT2D eigenvalue weighted by atomic mass is 9.86. The van der Waals surface area contributed by atoms with Crippen molar-refractivity contribution in [1.82, 2.24) is 0 Å². The molecule has 19 heavy (non-hydrogen) atoms. The molecule has 0 fully saturated rings. The maximum Gasteiger partial charge on any atom is 0.0467 e. The second kappa shape index (κ2) is 5.96. The summed E-state index contributed by atoms with van der Waals surface area (Å²) in [6, 6.07) is 13.9. The minimum Gasteiger partial charge on any atom is -0.321 e. The molecule has 0 radical (unpaired) electrons. The van der Waals surface area contributed by atoms with Gasteiger partial charge in [-0.3, -0.25) is 0 Å². The van der Waals surface area contributed by atoms with Crippen LogP contribution in [0.3, 0.4) is 0 Å². The molecule has 0 heterocycles. The molecule has 4 heteroatoms. The van der Waals surface area contributed by atoms with Crippen LogP contribution in [0.15, 0.2) is 51.4 Å². The molecule has 0 aliphatic heterocycles. The van der Waals surface area contributed by atoms with E-state index in [0.29, 0.717) is 5.02 Å². The first-order chi connectivity index (χ1) is 8.90. The first kappa shape index (κ1) is 15.0. The summed E-state index contributed by atoms with van der Waals surface area (Å²) < 4.78 is 2.03. The Bertz CT molecular complexity index is 596. The molecular weight excluding hydrogens is 389 g/mol. The molecule has 2 rings (SSSR count). The first-order valence-corrected chi connectivity index (χ1v) is 7.84. The number of rotatable bonds is 3. The zero-order chi connectivity index (χ0) is 14.0. The van der Waals surface area contributed by atoms with Gasteiger partial charge < -0.3 is 5.73 Å². The fourth-order valence-electron chi connectivity index (χ4n) is 2.09. The molecule has 0 saturated heterocycles. The standard InChI is InChI=1S/C15H14Br2ClN/c1-15(19,9-10-4-2-3-5-13(10)17)12-7-6-11(16)8-14(12)18/h2-8H,9,19H2,1H3. The van der Waals surface area contributed by atoms with Crippen LogP contribution in [0.25, 0.3) is 0 Å². The van der Waals surface area contributed by atoms with Crippen molar-refractivity contribution in [3.63, 3.8) is 0 Å². The maximum absolute atomic E-state index is 6.47. The van der Waals surface area contributed by atoms with Gasteiger partial charge in [-0.05, 0) is 42.7 Å². The first-order valence-electron chi connectivity index (χ1n) is 5.88. The van der Waals surface area contributed by atoms with Gasteiger partial charge in [0, 0.05) is 19.5 Å². The normalized spacial score (nSPS) is 14.2. The highest BCUT2D eigenvalue weighted by Gasteiger charge is 2.25. The number of hydrogen-bond acceptors (Lipinski definition) is 1. The Morgan fingerprint density at radius 2 is 1.84 bits per heavy atom. The highest BCUT2D eigenvalue weighted by atomic mass is 79.9. The van der Waals surface area contributed by atoms with Crippen molar-refractivity contribution in [2.45, 2.75) is 18.9 Å². The summed E-state index contributed by atoms with van der Waals surface area (Å²) >= 11 is 13.3. The molecule has 0 aliphatic rings. The summed E-state index contributed by atoms with van der Waals surface area (Å²) in [5.74, 6) is 0. The van der Waals surface area contributed by atoms with Gasteiger partial charge in [0.15, 0.2) is 0 Å². The van der Waals surface area contributed by atoms with E-state index in [4.69, 9.17) is 17.3 Å². The fourth-order valence-corrected chi connectivity index (χ4v) is 3.40. The van der Waals surface area contributed by atoms with Crippen molar-refractivity contribution in [3.05, 3.63) is 67.6 Å². The van der Waals surface area contributed by atoms with E-state index in [2.05, 4.69) is 37.9 Å². The lowest BCUT2D eigenvalue weighted by Crippen LogP contribution is -2.35. The Hall–Kier alpha value is -0.350. The zero-order valence-electron chi connectivity index (χ0n) is 10.5. The van der Waals surface area contributed by atoms with Gasteiger partial charge in [-0.25, -0.2) is 0 Å². The average molecular weight is 404 g/mol. The average Bonchev–Trinajstić information content (AvgIpc) is 2.31. The highest BCUT2D eigenvalue weighted by Crippen LogP contribution is 2.32. The van der Waals surface area contributed by atoms with E-state index in [-0.39, 0.29) is 0 Å². The van der Waals surface area contributed by atoms with Gasteiger partial charge in [-0.1, -0.05) is 67.7 Å². The third-order valence-corrected chi connectivity index (χ3v) is 4.64. The van der Waals surface area contributed by atoms with Gasteiger partial charge in [0.05, 0.1) is 0 Å². The van der Waals surface area contributed by atoms with Crippen molar-refractivity contribution in [3.8, 4) is 0 Å². The van der Waals surface area contributed by atoms with Crippen molar-refractivity contribution < 1.29 is 0 Å². The van der Waals surface area contributed by atoms with Gasteiger partial charge in [0.2, 0.25) is 0 Å². The molecule has 1 nitrogen and oxygen atoms in total. The Labute approximate surface area is 135 Å². The summed E-state index contributed by atoms with van der Waals surface area (Å²) in [7, 11) is 0. The molecule has 100 valence electrons. The van der Waals surface area contributed by atoms with Gasteiger partial charge in [-0.2, -0.15) is 0 Å². The van der Waals surface area contributed by atoms with Crippen LogP contribution < -0.4 is 5.73 Å². The van der Waals surface area contributed by atoms with E-state index in [0.717, 1.165) is 20.9 Å². The van der Waals surface area contributed by atoms with Crippen LogP contribution in [0.2, 0.25) is 5.02 Å². The van der Waals surface area contributed by atoms with Crippen LogP contribution in [0.5, 0.6) is 0 Å². The van der Waals surface area contributed by atoms with E-state index >= 15 is 0 Å². The molecule has 0 aliphatic carbocycles. The molecule has 0 saturated carbocycles. The smallest absolute Gasteiger partial charge is 0.0467 e. The molecule has 0 spiro atoms. The van der Waals surface area contributed by atoms with Gasteiger partial charge in [0.25, 0.3) is 0 Å². The summed E-state index contributed by atoms with van der Waals surface area (Å²) in [5, 5.41) is 0.687. The Kier molecular flexibility index (Phi) is 4.72. The minimum absolute atomic E-state index is 0.512. The van der Waals surface area contributed by atoms with E-state index in [1.54, 1.807) is 0 Å². The molecule has 0 amide bonds. The number of nitrogens with two attached hydrogens (primary N) is 1. The minimum atomic E-state index is -0.512. The van der Waals surface area contributed by atoms with Crippen molar-refractivity contribution >= 4 is 43.5 Å². The third-order valence-electron chi connectivity index (χ3n) is 3.06. The number of benzene rings is 2.